The van der Waals surface area contributed by atoms with Crippen molar-refractivity contribution in [3.8, 4) is 5.75 Å². The van der Waals surface area contributed by atoms with Crippen LogP contribution >= 0.6 is 0 Å². The molecule has 1 N–H and O–H groups in total. The molecule has 7 heteroatoms. The first kappa shape index (κ1) is 22.6. The van der Waals surface area contributed by atoms with Gasteiger partial charge in [0.1, 0.15) is 6.61 Å². The fourth-order valence-electron chi connectivity index (χ4n) is 4.25. The molecule has 6 nitrogen and oxygen atoms in total. The number of carbonyl (C=O) groups is 1. The second-order valence-corrected chi connectivity index (χ2v) is 8.69. The van der Waals surface area contributed by atoms with Gasteiger partial charge in [-0.05, 0) is 75.4 Å². The maximum absolute atomic E-state index is 14.5. The van der Waals surface area contributed by atoms with Crippen molar-refractivity contribution < 1.29 is 13.9 Å². The molecule has 2 aromatic rings. The number of likely N-dealkylation sites (tertiary alicyclic amines) is 1. The van der Waals surface area contributed by atoms with E-state index in [0.29, 0.717) is 12.3 Å². The fourth-order valence-corrected chi connectivity index (χ4v) is 4.25. The summed E-state index contributed by atoms with van der Waals surface area (Å²) in [5.41, 5.74) is 2.11. The van der Waals surface area contributed by atoms with Crippen LogP contribution in [0.2, 0.25) is 0 Å². The summed E-state index contributed by atoms with van der Waals surface area (Å²) in [6.45, 7) is 7.49. The largest absolute Gasteiger partial charge is 0.489 e. The zero-order chi connectivity index (χ0) is 22.3. The Morgan fingerprint density at radius 2 is 1.69 bits per heavy atom. The van der Waals surface area contributed by atoms with Crippen molar-refractivity contribution >= 4 is 17.3 Å². The van der Waals surface area contributed by atoms with Gasteiger partial charge in [0.2, 0.25) is 0 Å². The minimum atomic E-state index is -0.512. The molecular formula is C25H33FN4O2. The van der Waals surface area contributed by atoms with E-state index in [1.165, 1.54) is 31.4 Å². The third-order valence-corrected chi connectivity index (χ3v) is 6.30. The first-order valence-corrected chi connectivity index (χ1v) is 11.6. The second-order valence-electron chi connectivity index (χ2n) is 8.69. The normalized spacial score (nSPS) is 17.9. The number of halogens is 1. The number of hydrogen-bond donors (Lipinski definition) is 1. The third kappa shape index (κ3) is 5.99. The first-order valence-electron chi connectivity index (χ1n) is 11.6. The van der Waals surface area contributed by atoms with Gasteiger partial charge in [0.05, 0.1) is 0 Å². The first-order chi connectivity index (χ1) is 15.6. The van der Waals surface area contributed by atoms with Crippen LogP contribution in [0.1, 0.15) is 29.6 Å². The van der Waals surface area contributed by atoms with Gasteiger partial charge in [-0.25, -0.2) is 4.39 Å². The molecule has 0 aliphatic carbocycles. The smallest absolute Gasteiger partial charge is 0.255 e. The summed E-state index contributed by atoms with van der Waals surface area (Å²) in [4.78, 5) is 19.6. The van der Waals surface area contributed by atoms with E-state index >= 15 is 0 Å². The average molecular weight is 441 g/mol. The van der Waals surface area contributed by atoms with Gasteiger partial charge in [-0.15, -0.1) is 0 Å². The van der Waals surface area contributed by atoms with Gasteiger partial charge in [-0.1, -0.05) is 6.42 Å². The van der Waals surface area contributed by atoms with Crippen molar-refractivity contribution in [1.82, 2.24) is 9.80 Å². The van der Waals surface area contributed by atoms with E-state index in [1.807, 2.05) is 24.3 Å². The molecule has 32 heavy (non-hydrogen) atoms. The molecule has 0 spiro atoms. The van der Waals surface area contributed by atoms with Gasteiger partial charge in [0.15, 0.2) is 11.6 Å². The highest BCUT2D eigenvalue weighted by Crippen LogP contribution is 2.22. The molecule has 2 saturated heterocycles. The number of piperidine rings is 1. The van der Waals surface area contributed by atoms with Crippen molar-refractivity contribution in [2.45, 2.75) is 19.3 Å². The Labute approximate surface area is 189 Å². The number of rotatable bonds is 7. The van der Waals surface area contributed by atoms with E-state index in [-0.39, 0.29) is 17.2 Å². The summed E-state index contributed by atoms with van der Waals surface area (Å²) in [7, 11) is 2.13. The molecule has 0 radical (unpaired) electrons. The molecule has 0 unspecified atom stereocenters. The molecule has 2 fully saturated rings. The van der Waals surface area contributed by atoms with Gasteiger partial charge in [0, 0.05) is 49.7 Å². The fraction of sp³-hybridized carbons (Fsp3) is 0.480. The van der Waals surface area contributed by atoms with Crippen molar-refractivity contribution in [3.05, 3.63) is 53.8 Å². The number of piperazine rings is 1. The lowest BCUT2D eigenvalue weighted by atomic mass is 10.1. The molecule has 0 aromatic heterocycles. The van der Waals surface area contributed by atoms with E-state index < -0.39 is 5.82 Å². The molecule has 0 saturated carbocycles. The lowest BCUT2D eigenvalue weighted by Gasteiger charge is -2.34. The highest BCUT2D eigenvalue weighted by Gasteiger charge is 2.15. The number of ether oxygens (including phenoxy) is 1. The summed E-state index contributed by atoms with van der Waals surface area (Å²) in [6.07, 6.45) is 3.73. The maximum atomic E-state index is 14.5. The molecule has 172 valence electrons. The zero-order valence-electron chi connectivity index (χ0n) is 18.9. The monoisotopic (exact) mass is 440 g/mol. The Hall–Kier alpha value is -2.64. The van der Waals surface area contributed by atoms with Crippen molar-refractivity contribution in [1.29, 1.82) is 0 Å². The Kier molecular flexibility index (Phi) is 7.60. The van der Waals surface area contributed by atoms with E-state index in [1.54, 1.807) is 6.07 Å². The van der Waals surface area contributed by atoms with Crippen LogP contribution in [0.5, 0.6) is 5.75 Å². The number of likely N-dealkylation sites (N-methyl/N-ethyl adjacent to an activating group) is 1. The zero-order valence-corrected chi connectivity index (χ0v) is 18.9. The Morgan fingerprint density at radius 1 is 0.969 bits per heavy atom. The van der Waals surface area contributed by atoms with Crippen LogP contribution in [0.3, 0.4) is 0 Å². The average Bonchev–Trinajstić information content (AvgIpc) is 2.82. The van der Waals surface area contributed by atoms with Crippen LogP contribution in [0, 0.1) is 5.82 Å². The van der Waals surface area contributed by atoms with Gasteiger partial charge in [0.25, 0.3) is 5.91 Å². The van der Waals surface area contributed by atoms with Crippen LogP contribution in [0.15, 0.2) is 42.5 Å². The van der Waals surface area contributed by atoms with Crippen molar-refractivity contribution in [2.24, 2.45) is 0 Å². The SMILES string of the molecule is CN1CCN(c2ccc(NC(=O)c3ccc(OCCN4CCCCC4)c(F)c3)cc2)CC1. The predicted molar refractivity (Wildman–Crippen MR) is 126 cm³/mol. The van der Waals surface area contributed by atoms with Gasteiger partial charge >= 0.3 is 0 Å². The topological polar surface area (TPSA) is 48.1 Å². The third-order valence-electron chi connectivity index (χ3n) is 6.30. The summed E-state index contributed by atoms with van der Waals surface area (Å²) in [5, 5.41) is 2.85. The van der Waals surface area contributed by atoms with E-state index in [9.17, 15) is 9.18 Å². The number of nitrogens with one attached hydrogen (secondary N) is 1. The molecule has 1 amide bonds. The Morgan fingerprint density at radius 3 is 2.38 bits per heavy atom. The van der Waals surface area contributed by atoms with E-state index in [0.717, 1.165) is 51.5 Å². The lowest BCUT2D eigenvalue weighted by molar-refractivity contribution is 0.102. The molecule has 0 bridgehead atoms. The molecule has 2 heterocycles. The molecule has 2 aliphatic heterocycles. The highest BCUT2D eigenvalue weighted by molar-refractivity contribution is 6.04. The van der Waals surface area contributed by atoms with Gasteiger partial charge in [-0.2, -0.15) is 0 Å². The minimum Gasteiger partial charge on any atom is -0.489 e. The van der Waals surface area contributed by atoms with Gasteiger partial charge in [-0.3, -0.25) is 9.69 Å². The standard InChI is InChI=1S/C25H33FN4O2/c1-28-13-15-30(16-14-28)22-8-6-21(7-9-22)27-25(31)20-5-10-24(23(26)19-20)32-18-17-29-11-3-2-4-12-29/h5-10,19H,2-4,11-18H2,1H3,(H,27,31). The lowest BCUT2D eigenvalue weighted by Crippen LogP contribution is -2.44. The van der Waals surface area contributed by atoms with Crippen molar-refractivity contribution in [3.63, 3.8) is 0 Å². The number of nitrogens with zero attached hydrogens (tertiary/aromatic N) is 3. The van der Waals surface area contributed by atoms with Crippen LogP contribution < -0.4 is 15.0 Å². The number of hydrogen-bond acceptors (Lipinski definition) is 5. The quantitative estimate of drug-likeness (QED) is 0.712. The summed E-state index contributed by atoms with van der Waals surface area (Å²) >= 11 is 0. The van der Waals surface area contributed by atoms with Crippen molar-refractivity contribution in [2.75, 3.05) is 69.7 Å². The molecule has 2 aromatic carbocycles. The van der Waals surface area contributed by atoms with Crippen LogP contribution in [0.25, 0.3) is 0 Å². The number of anilines is 2. The molecule has 0 atom stereocenters. The second kappa shape index (κ2) is 10.8. The van der Waals surface area contributed by atoms with E-state index in [4.69, 9.17) is 4.74 Å². The summed E-state index contributed by atoms with van der Waals surface area (Å²) in [6, 6.07) is 12.2. The summed E-state index contributed by atoms with van der Waals surface area (Å²) in [5.74, 6) is -0.659. The number of amides is 1. The van der Waals surface area contributed by atoms with Crippen LogP contribution in [0.4, 0.5) is 15.8 Å². The number of carbonyl (C=O) groups excluding carboxylic acids is 1. The number of benzene rings is 2. The Balaban J connectivity index is 1.28. The van der Waals surface area contributed by atoms with E-state index in [2.05, 4.69) is 27.1 Å². The van der Waals surface area contributed by atoms with Crippen LogP contribution in [-0.2, 0) is 0 Å². The van der Waals surface area contributed by atoms with Crippen LogP contribution in [-0.4, -0.2) is 75.2 Å². The highest BCUT2D eigenvalue weighted by atomic mass is 19.1. The predicted octanol–water partition coefficient (Wildman–Crippen LogP) is 3.69. The maximum Gasteiger partial charge on any atom is 0.255 e. The van der Waals surface area contributed by atoms with Gasteiger partial charge < -0.3 is 19.9 Å². The molecular weight excluding hydrogens is 407 g/mol. The summed E-state index contributed by atoms with van der Waals surface area (Å²) < 4.78 is 20.1. The minimum absolute atomic E-state index is 0.190. The molecule has 4 rings (SSSR count). The Bertz CT molecular complexity index is 891. The molecule has 2 aliphatic rings.